The minimum Gasteiger partial charge on any atom is -0.465 e. The summed E-state index contributed by atoms with van der Waals surface area (Å²) >= 11 is 1.03. The van der Waals surface area contributed by atoms with Crippen LogP contribution in [0.15, 0.2) is 28.0 Å². The summed E-state index contributed by atoms with van der Waals surface area (Å²) in [5.41, 5.74) is 3.31. The highest BCUT2D eigenvalue weighted by atomic mass is 32.2. The topological polar surface area (TPSA) is 101 Å². The van der Waals surface area contributed by atoms with E-state index in [0.717, 1.165) is 22.9 Å². The van der Waals surface area contributed by atoms with Crippen LogP contribution in [-0.4, -0.2) is 34.7 Å². The van der Waals surface area contributed by atoms with Crippen LogP contribution in [0, 0.1) is 20.8 Å². The van der Waals surface area contributed by atoms with Crippen molar-refractivity contribution in [1.82, 2.24) is 15.3 Å². The SMILES string of the molecule is COC(=O)c1c(SCC(=O)NC(C)c2ccc(C)c(C)c2)nc(=O)[nH]c1C. The van der Waals surface area contributed by atoms with E-state index in [2.05, 4.69) is 15.3 Å². The second kappa shape index (κ2) is 8.85. The monoisotopic (exact) mass is 389 g/mol. The maximum absolute atomic E-state index is 12.3. The van der Waals surface area contributed by atoms with Crippen LogP contribution in [0.3, 0.4) is 0 Å². The van der Waals surface area contributed by atoms with Crippen molar-refractivity contribution in [3.63, 3.8) is 0 Å². The summed E-state index contributed by atoms with van der Waals surface area (Å²) in [4.78, 5) is 42.1. The first-order valence-corrected chi connectivity index (χ1v) is 9.40. The molecule has 0 aliphatic carbocycles. The molecule has 2 N–H and O–H groups in total. The highest BCUT2D eigenvalue weighted by Crippen LogP contribution is 2.22. The van der Waals surface area contributed by atoms with Crippen LogP contribution >= 0.6 is 11.8 Å². The van der Waals surface area contributed by atoms with E-state index >= 15 is 0 Å². The number of amides is 1. The molecule has 0 saturated carbocycles. The minimum atomic E-state index is -0.609. The second-order valence-electron chi connectivity index (χ2n) is 6.26. The van der Waals surface area contributed by atoms with E-state index in [1.807, 2.05) is 39.0 Å². The van der Waals surface area contributed by atoms with Crippen LogP contribution < -0.4 is 11.0 Å². The number of methoxy groups -OCH3 is 1. The quantitative estimate of drug-likeness (QED) is 0.447. The van der Waals surface area contributed by atoms with Gasteiger partial charge < -0.3 is 15.0 Å². The number of aromatic nitrogens is 2. The number of hydrogen-bond acceptors (Lipinski definition) is 6. The predicted octanol–water partition coefficient (Wildman–Crippen LogP) is 2.45. The molecule has 1 aromatic heterocycles. The van der Waals surface area contributed by atoms with E-state index in [1.165, 1.54) is 12.7 Å². The third kappa shape index (κ3) is 5.19. The number of thioether (sulfide) groups is 1. The van der Waals surface area contributed by atoms with E-state index in [1.54, 1.807) is 6.92 Å². The Hall–Kier alpha value is -2.61. The number of aromatic amines is 1. The second-order valence-corrected chi connectivity index (χ2v) is 7.22. The molecular formula is C19H23N3O4S. The van der Waals surface area contributed by atoms with Gasteiger partial charge in [-0.25, -0.2) is 9.59 Å². The summed E-state index contributed by atoms with van der Waals surface area (Å²) in [6.07, 6.45) is 0. The van der Waals surface area contributed by atoms with Crippen LogP contribution in [0.5, 0.6) is 0 Å². The van der Waals surface area contributed by atoms with E-state index < -0.39 is 11.7 Å². The Labute approximate surface area is 161 Å². The molecule has 1 amide bonds. The van der Waals surface area contributed by atoms with Gasteiger partial charge in [0.15, 0.2) is 0 Å². The molecule has 8 heteroatoms. The predicted molar refractivity (Wildman–Crippen MR) is 104 cm³/mol. The molecule has 0 saturated heterocycles. The van der Waals surface area contributed by atoms with Gasteiger partial charge in [0.2, 0.25) is 5.91 Å². The van der Waals surface area contributed by atoms with Gasteiger partial charge in [0.25, 0.3) is 0 Å². The number of hydrogen-bond donors (Lipinski definition) is 2. The first kappa shape index (κ1) is 20.7. The summed E-state index contributed by atoms with van der Waals surface area (Å²) in [6, 6.07) is 5.89. The highest BCUT2D eigenvalue weighted by molar-refractivity contribution is 8.00. The number of benzene rings is 1. The number of carbonyl (C=O) groups is 2. The lowest BCUT2D eigenvalue weighted by atomic mass is 10.0. The average molecular weight is 389 g/mol. The molecule has 0 fully saturated rings. The zero-order chi connectivity index (χ0) is 20.1. The van der Waals surface area contributed by atoms with Gasteiger partial charge in [0.1, 0.15) is 10.6 Å². The number of carbonyl (C=O) groups excluding carboxylic acids is 2. The van der Waals surface area contributed by atoms with Gasteiger partial charge in [-0.15, -0.1) is 0 Å². The molecular weight excluding hydrogens is 366 g/mol. The number of ether oxygens (including phenoxy) is 1. The van der Waals surface area contributed by atoms with Crippen LogP contribution in [0.1, 0.15) is 45.7 Å². The molecule has 1 unspecified atom stereocenters. The normalized spacial score (nSPS) is 11.7. The van der Waals surface area contributed by atoms with Gasteiger partial charge in [0, 0.05) is 5.69 Å². The molecule has 0 spiro atoms. The fourth-order valence-corrected chi connectivity index (χ4v) is 3.42. The lowest BCUT2D eigenvalue weighted by Gasteiger charge is -2.16. The Bertz CT molecular complexity index is 924. The smallest absolute Gasteiger partial charge is 0.346 e. The molecule has 1 atom stereocenters. The summed E-state index contributed by atoms with van der Waals surface area (Å²) in [5.74, 6) is -0.807. The fraction of sp³-hybridized carbons (Fsp3) is 0.368. The number of nitrogens with zero attached hydrogens (tertiary/aromatic N) is 1. The van der Waals surface area contributed by atoms with Crippen LogP contribution in [-0.2, 0) is 9.53 Å². The molecule has 2 aromatic rings. The Kier molecular flexibility index (Phi) is 6.79. The van der Waals surface area contributed by atoms with Gasteiger partial charge in [-0.05, 0) is 44.4 Å². The molecule has 0 aliphatic heterocycles. The highest BCUT2D eigenvalue weighted by Gasteiger charge is 2.20. The van der Waals surface area contributed by atoms with E-state index in [4.69, 9.17) is 4.74 Å². The summed E-state index contributed by atoms with van der Waals surface area (Å²) in [6.45, 7) is 7.55. The number of H-pyrrole nitrogens is 1. The zero-order valence-corrected chi connectivity index (χ0v) is 16.8. The summed E-state index contributed by atoms with van der Waals surface area (Å²) in [5, 5.41) is 3.09. The average Bonchev–Trinajstić information content (AvgIpc) is 2.61. The van der Waals surface area contributed by atoms with Crippen molar-refractivity contribution in [1.29, 1.82) is 0 Å². The van der Waals surface area contributed by atoms with E-state index in [9.17, 15) is 14.4 Å². The van der Waals surface area contributed by atoms with Gasteiger partial charge in [-0.2, -0.15) is 4.98 Å². The van der Waals surface area contributed by atoms with Crippen LogP contribution in [0.4, 0.5) is 0 Å². The summed E-state index contributed by atoms with van der Waals surface area (Å²) in [7, 11) is 1.25. The minimum absolute atomic E-state index is 0.0229. The molecule has 0 bridgehead atoms. The van der Waals surface area contributed by atoms with E-state index in [-0.39, 0.29) is 28.3 Å². The first-order valence-electron chi connectivity index (χ1n) is 8.41. The Morgan fingerprint density at radius 3 is 2.59 bits per heavy atom. The Morgan fingerprint density at radius 2 is 1.96 bits per heavy atom. The van der Waals surface area contributed by atoms with Crippen molar-refractivity contribution in [3.05, 3.63) is 56.6 Å². The fourth-order valence-electron chi connectivity index (χ4n) is 2.54. The third-order valence-corrected chi connectivity index (χ3v) is 5.20. The molecule has 7 nitrogen and oxygen atoms in total. The van der Waals surface area contributed by atoms with Crippen LogP contribution in [0.2, 0.25) is 0 Å². The van der Waals surface area contributed by atoms with Crippen LogP contribution in [0.25, 0.3) is 0 Å². The zero-order valence-electron chi connectivity index (χ0n) is 16.0. The molecule has 27 heavy (non-hydrogen) atoms. The Morgan fingerprint density at radius 1 is 1.26 bits per heavy atom. The largest absolute Gasteiger partial charge is 0.465 e. The standard InChI is InChI=1S/C19H23N3O4S/c1-10-6-7-14(8-11(10)2)12(3)20-15(23)9-27-17-16(18(24)26-5)13(4)21-19(25)22-17/h6-8,12H,9H2,1-5H3,(H,20,23)(H,21,22,25). The Balaban J connectivity index is 2.08. The molecule has 0 aliphatic rings. The van der Waals surface area contributed by atoms with Crippen molar-refractivity contribution in [3.8, 4) is 0 Å². The van der Waals surface area contributed by atoms with Gasteiger partial charge in [-0.3, -0.25) is 4.79 Å². The van der Waals surface area contributed by atoms with Crippen molar-refractivity contribution < 1.29 is 14.3 Å². The lowest BCUT2D eigenvalue weighted by Crippen LogP contribution is -2.28. The van der Waals surface area contributed by atoms with Crippen molar-refractivity contribution in [2.45, 2.75) is 38.8 Å². The lowest BCUT2D eigenvalue weighted by molar-refractivity contribution is -0.119. The molecule has 2 rings (SSSR count). The molecule has 1 heterocycles. The van der Waals surface area contributed by atoms with E-state index in [0.29, 0.717) is 5.69 Å². The molecule has 144 valence electrons. The van der Waals surface area contributed by atoms with Crippen molar-refractivity contribution in [2.75, 3.05) is 12.9 Å². The van der Waals surface area contributed by atoms with Crippen molar-refractivity contribution in [2.24, 2.45) is 0 Å². The molecule has 0 radical (unpaired) electrons. The molecule has 1 aromatic carbocycles. The third-order valence-electron chi connectivity index (χ3n) is 4.22. The van der Waals surface area contributed by atoms with Gasteiger partial charge >= 0.3 is 11.7 Å². The van der Waals surface area contributed by atoms with Crippen molar-refractivity contribution >= 4 is 23.6 Å². The van der Waals surface area contributed by atoms with Gasteiger partial charge in [-0.1, -0.05) is 30.0 Å². The van der Waals surface area contributed by atoms with Gasteiger partial charge in [0.05, 0.1) is 18.9 Å². The number of esters is 1. The number of aryl methyl sites for hydroxylation is 3. The number of rotatable bonds is 6. The maximum Gasteiger partial charge on any atom is 0.346 e. The number of nitrogens with one attached hydrogen (secondary N) is 2. The summed E-state index contributed by atoms with van der Waals surface area (Å²) < 4.78 is 4.73. The maximum atomic E-state index is 12.3. The first-order chi connectivity index (χ1) is 12.7.